The molecule has 0 radical (unpaired) electrons. The van der Waals surface area contributed by atoms with E-state index in [1.54, 1.807) is 19.4 Å². The van der Waals surface area contributed by atoms with Crippen molar-refractivity contribution in [2.45, 2.75) is 13.8 Å². The van der Waals surface area contributed by atoms with E-state index in [0.717, 1.165) is 16.9 Å². The molecule has 6 heteroatoms. The predicted octanol–water partition coefficient (Wildman–Crippen LogP) is 4.40. The second-order valence-electron chi connectivity index (χ2n) is 4.41. The maximum Gasteiger partial charge on any atom is 0.143 e. The zero-order chi connectivity index (χ0) is 15.4. The molecule has 0 unspecified atom stereocenters. The summed E-state index contributed by atoms with van der Waals surface area (Å²) in [6, 6.07) is 5.76. The van der Waals surface area contributed by atoms with E-state index in [9.17, 15) is 5.26 Å². The number of methoxy groups -OCH3 is 1. The first-order valence-electron chi connectivity index (χ1n) is 6.18. The Morgan fingerprint density at radius 2 is 2.24 bits per heavy atom. The largest absolute Gasteiger partial charge is 0.495 e. The monoisotopic (exact) mass is 319 g/mol. The van der Waals surface area contributed by atoms with Gasteiger partial charge in [0.05, 0.1) is 12.8 Å². The van der Waals surface area contributed by atoms with Gasteiger partial charge in [-0.25, -0.2) is 4.98 Å². The van der Waals surface area contributed by atoms with Crippen molar-refractivity contribution in [1.29, 1.82) is 5.26 Å². The van der Waals surface area contributed by atoms with Gasteiger partial charge < -0.3 is 10.1 Å². The highest BCUT2D eigenvalue weighted by Crippen LogP contribution is 2.31. The van der Waals surface area contributed by atoms with Crippen molar-refractivity contribution in [2.24, 2.45) is 0 Å². The molecule has 0 bridgehead atoms. The van der Waals surface area contributed by atoms with Gasteiger partial charge in [0, 0.05) is 28.4 Å². The van der Waals surface area contributed by atoms with Gasteiger partial charge in [0.25, 0.3) is 0 Å². The summed E-state index contributed by atoms with van der Waals surface area (Å²) < 4.78 is 5.28. The minimum absolute atomic E-state index is 0.475. The lowest BCUT2D eigenvalue weighted by molar-refractivity contribution is 0.416. The van der Waals surface area contributed by atoms with E-state index >= 15 is 0 Å². The number of nitrogens with zero attached hydrogens (tertiary/aromatic N) is 2. The van der Waals surface area contributed by atoms with Crippen LogP contribution >= 0.6 is 22.9 Å². The number of aryl methyl sites for hydroxylation is 2. The van der Waals surface area contributed by atoms with Crippen LogP contribution in [0, 0.1) is 25.2 Å². The van der Waals surface area contributed by atoms with Crippen LogP contribution in [0.1, 0.15) is 16.3 Å². The number of allylic oxidation sites excluding steroid dienone is 1. The highest BCUT2D eigenvalue weighted by molar-refractivity contribution is 7.10. The van der Waals surface area contributed by atoms with Gasteiger partial charge in [-0.1, -0.05) is 11.6 Å². The van der Waals surface area contributed by atoms with Crippen molar-refractivity contribution in [2.75, 3.05) is 12.4 Å². The number of aromatic nitrogens is 1. The average molecular weight is 320 g/mol. The number of nitriles is 1. The molecule has 0 saturated carbocycles. The molecular formula is C15H14ClN3OS. The zero-order valence-electron chi connectivity index (χ0n) is 11.9. The fourth-order valence-electron chi connectivity index (χ4n) is 1.71. The number of ether oxygens (including phenoxy) is 1. The van der Waals surface area contributed by atoms with Crippen LogP contribution in [0.15, 0.2) is 23.7 Å². The van der Waals surface area contributed by atoms with E-state index in [1.165, 1.54) is 11.3 Å². The number of thiazole rings is 1. The number of hydrogen-bond donors (Lipinski definition) is 1. The smallest absolute Gasteiger partial charge is 0.143 e. The molecule has 21 heavy (non-hydrogen) atoms. The van der Waals surface area contributed by atoms with Gasteiger partial charge in [-0.3, -0.25) is 0 Å². The summed E-state index contributed by atoms with van der Waals surface area (Å²) in [6.45, 7) is 3.81. The first-order valence-corrected chi connectivity index (χ1v) is 7.44. The third-order valence-electron chi connectivity index (χ3n) is 2.82. The number of benzene rings is 1. The second kappa shape index (κ2) is 6.61. The molecule has 1 aromatic carbocycles. The molecule has 0 fully saturated rings. The van der Waals surface area contributed by atoms with Crippen molar-refractivity contribution >= 4 is 34.2 Å². The first kappa shape index (κ1) is 15.4. The minimum atomic E-state index is 0.475. The van der Waals surface area contributed by atoms with Crippen LogP contribution < -0.4 is 10.1 Å². The Hall–Kier alpha value is -2.03. The normalized spacial score (nSPS) is 11.1. The Morgan fingerprint density at radius 1 is 1.48 bits per heavy atom. The number of halogens is 1. The van der Waals surface area contributed by atoms with Crippen LogP contribution in [0.4, 0.5) is 5.69 Å². The standard InChI is InChI=1S/C15H14ClN3OS/c1-9-4-13(14(20-3)5-12(9)16)18-7-11(6-17)15-19-10(2)8-21-15/h4-5,7-8,18H,1-3H3/b11-7+. The first-order chi connectivity index (χ1) is 10.0. The van der Waals surface area contributed by atoms with Gasteiger partial charge in [0.15, 0.2) is 0 Å². The molecule has 0 aliphatic heterocycles. The van der Waals surface area contributed by atoms with Crippen LogP contribution in [-0.4, -0.2) is 12.1 Å². The molecule has 0 aliphatic carbocycles. The number of rotatable bonds is 4. The van der Waals surface area contributed by atoms with Gasteiger partial charge in [0.2, 0.25) is 0 Å². The SMILES string of the molecule is COc1cc(Cl)c(C)cc1N/C=C(\C#N)c1nc(C)cs1. The van der Waals surface area contributed by atoms with Crippen LogP contribution in [-0.2, 0) is 0 Å². The summed E-state index contributed by atoms with van der Waals surface area (Å²) in [5.74, 6) is 0.620. The Kier molecular flexibility index (Phi) is 4.84. The van der Waals surface area contributed by atoms with Crippen LogP contribution in [0.2, 0.25) is 5.02 Å². The van der Waals surface area contributed by atoms with E-state index in [1.807, 2.05) is 25.3 Å². The second-order valence-corrected chi connectivity index (χ2v) is 5.68. The molecule has 1 aromatic heterocycles. The summed E-state index contributed by atoms with van der Waals surface area (Å²) in [6.07, 6.45) is 1.63. The fraction of sp³-hybridized carbons (Fsp3) is 0.200. The maximum atomic E-state index is 9.25. The van der Waals surface area contributed by atoms with Gasteiger partial charge in [-0.15, -0.1) is 11.3 Å². The number of anilines is 1. The molecule has 0 atom stereocenters. The topological polar surface area (TPSA) is 57.9 Å². The Labute approximate surface area is 132 Å². The molecule has 1 N–H and O–H groups in total. The van der Waals surface area contributed by atoms with Crippen molar-refractivity contribution < 1.29 is 4.74 Å². The molecule has 0 amide bonds. The van der Waals surface area contributed by atoms with Crippen LogP contribution in [0.25, 0.3) is 5.57 Å². The summed E-state index contributed by atoms with van der Waals surface area (Å²) >= 11 is 7.51. The Bertz CT molecular complexity index is 731. The van der Waals surface area contributed by atoms with Crippen molar-refractivity contribution in [1.82, 2.24) is 4.98 Å². The third-order valence-corrected chi connectivity index (χ3v) is 4.22. The molecule has 1 heterocycles. The lowest BCUT2D eigenvalue weighted by atomic mass is 10.2. The maximum absolute atomic E-state index is 9.25. The predicted molar refractivity (Wildman–Crippen MR) is 86.8 cm³/mol. The lowest BCUT2D eigenvalue weighted by Gasteiger charge is -2.10. The number of hydrogen-bond acceptors (Lipinski definition) is 5. The van der Waals surface area contributed by atoms with Crippen LogP contribution in [0.5, 0.6) is 5.75 Å². The molecule has 2 aromatic rings. The minimum Gasteiger partial charge on any atom is -0.495 e. The summed E-state index contributed by atoms with van der Waals surface area (Å²) in [5.41, 5.74) is 3.05. The van der Waals surface area contributed by atoms with Crippen LogP contribution in [0.3, 0.4) is 0 Å². The average Bonchev–Trinajstić information content (AvgIpc) is 2.89. The van der Waals surface area contributed by atoms with Gasteiger partial charge in [0.1, 0.15) is 22.4 Å². The number of nitrogens with one attached hydrogen (secondary N) is 1. The molecule has 108 valence electrons. The van der Waals surface area contributed by atoms with Gasteiger partial charge in [-0.05, 0) is 25.5 Å². The zero-order valence-corrected chi connectivity index (χ0v) is 13.5. The van der Waals surface area contributed by atoms with E-state index in [-0.39, 0.29) is 0 Å². The summed E-state index contributed by atoms with van der Waals surface area (Å²) in [4.78, 5) is 4.30. The van der Waals surface area contributed by atoms with Crippen molar-refractivity contribution in [3.63, 3.8) is 0 Å². The quantitative estimate of drug-likeness (QED) is 0.849. The van der Waals surface area contributed by atoms with E-state index in [0.29, 0.717) is 21.4 Å². The third kappa shape index (κ3) is 3.54. The molecule has 4 nitrogen and oxygen atoms in total. The highest BCUT2D eigenvalue weighted by atomic mass is 35.5. The molecule has 0 aliphatic rings. The summed E-state index contributed by atoms with van der Waals surface area (Å²) in [7, 11) is 1.57. The Morgan fingerprint density at radius 3 is 2.81 bits per heavy atom. The molecule has 0 saturated heterocycles. The van der Waals surface area contributed by atoms with E-state index < -0.39 is 0 Å². The lowest BCUT2D eigenvalue weighted by Crippen LogP contribution is -1.96. The fourth-order valence-corrected chi connectivity index (χ4v) is 2.63. The van der Waals surface area contributed by atoms with Gasteiger partial charge in [-0.2, -0.15) is 5.26 Å². The Balaban J connectivity index is 2.31. The molecule has 2 rings (SSSR count). The highest BCUT2D eigenvalue weighted by Gasteiger charge is 2.08. The summed E-state index contributed by atoms with van der Waals surface area (Å²) in [5, 5.41) is 15.6. The van der Waals surface area contributed by atoms with Gasteiger partial charge >= 0.3 is 0 Å². The molecule has 0 spiro atoms. The van der Waals surface area contributed by atoms with E-state index in [4.69, 9.17) is 16.3 Å². The molecular weight excluding hydrogens is 306 g/mol. The van der Waals surface area contributed by atoms with Crippen molar-refractivity contribution in [3.05, 3.63) is 45.0 Å². The van der Waals surface area contributed by atoms with Crippen molar-refractivity contribution in [3.8, 4) is 11.8 Å². The van der Waals surface area contributed by atoms with E-state index in [2.05, 4.69) is 16.4 Å².